The summed E-state index contributed by atoms with van der Waals surface area (Å²) in [5.41, 5.74) is 2.86. The molecule has 0 amide bonds. The number of rotatable bonds is 5. The van der Waals surface area contributed by atoms with Crippen LogP contribution >= 0.6 is 15.9 Å². The van der Waals surface area contributed by atoms with Crippen LogP contribution in [0.4, 0.5) is 0 Å². The van der Waals surface area contributed by atoms with E-state index in [0.29, 0.717) is 6.42 Å². The molecule has 0 spiro atoms. The number of aliphatic hydroxyl groups is 1. The molecule has 0 saturated carbocycles. The summed E-state index contributed by atoms with van der Waals surface area (Å²) in [6.45, 7) is -0.180. The molecule has 2 unspecified atom stereocenters. The number of nitrogens with zero attached hydrogens (tertiary/aromatic N) is 1. The number of hydrogen-bond acceptors (Lipinski definition) is 6. The number of aromatic nitrogens is 1. The lowest BCUT2D eigenvalue weighted by atomic mass is 9.94. The molecule has 2 aromatic carbocycles. The zero-order valence-corrected chi connectivity index (χ0v) is 18.9. The van der Waals surface area contributed by atoms with E-state index in [9.17, 15) is 5.11 Å². The standard InChI is InChI=1S/C25H24BrNO5/c26-19-14-27-12-11-18(19)13-20-22-23(32-24(29-20)16-7-3-1-4-8-16)21(15-28)30-25(31-22)17-9-5-2-6-10-17/h1-12,14,20-25,28H,13,15H2/t20-,21-,22+,23-,24?,25?/m1/s1. The molecule has 2 fully saturated rings. The molecule has 2 saturated heterocycles. The average Bonchev–Trinajstić information content (AvgIpc) is 2.86. The van der Waals surface area contributed by atoms with Gasteiger partial charge in [0.15, 0.2) is 12.6 Å². The van der Waals surface area contributed by atoms with Crippen molar-refractivity contribution in [2.45, 2.75) is 43.4 Å². The smallest absolute Gasteiger partial charge is 0.184 e. The Labute approximate surface area is 195 Å². The van der Waals surface area contributed by atoms with Crippen LogP contribution in [0.25, 0.3) is 0 Å². The Morgan fingerprint density at radius 1 is 0.750 bits per heavy atom. The highest BCUT2D eigenvalue weighted by Crippen LogP contribution is 2.41. The van der Waals surface area contributed by atoms with E-state index in [0.717, 1.165) is 21.2 Å². The third-order valence-corrected chi connectivity index (χ3v) is 6.53. The van der Waals surface area contributed by atoms with Crippen molar-refractivity contribution in [1.82, 2.24) is 4.98 Å². The summed E-state index contributed by atoms with van der Waals surface area (Å²) < 4.78 is 26.2. The predicted octanol–water partition coefficient (Wildman–Crippen LogP) is 4.34. The maximum Gasteiger partial charge on any atom is 0.184 e. The van der Waals surface area contributed by atoms with Crippen LogP contribution in [0.15, 0.2) is 83.6 Å². The van der Waals surface area contributed by atoms with Crippen LogP contribution < -0.4 is 0 Å². The minimum Gasteiger partial charge on any atom is -0.394 e. The van der Waals surface area contributed by atoms with Gasteiger partial charge in [0.25, 0.3) is 0 Å². The van der Waals surface area contributed by atoms with Crippen molar-refractivity contribution < 1.29 is 24.1 Å². The second kappa shape index (κ2) is 9.79. The van der Waals surface area contributed by atoms with Crippen LogP contribution in [0, 0.1) is 0 Å². The van der Waals surface area contributed by atoms with Gasteiger partial charge in [-0.1, -0.05) is 60.7 Å². The lowest BCUT2D eigenvalue weighted by Gasteiger charge is -2.49. The second-order valence-corrected chi connectivity index (χ2v) is 8.74. The highest BCUT2D eigenvalue weighted by molar-refractivity contribution is 9.10. The molecule has 1 aromatic heterocycles. The fourth-order valence-corrected chi connectivity index (χ4v) is 4.62. The van der Waals surface area contributed by atoms with E-state index in [1.807, 2.05) is 66.7 Å². The minimum atomic E-state index is -0.613. The molecule has 166 valence electrons. The van der Waals surface area contributed by atoms with E-state index < -0.39 is 30.9 Å². The van der Waals surface area contributed by atoms with Gasteiger partial charge in [-0.2, -0.15) is 0 Å². The first-order valence-electron chi connectivity index (χ1n) is 10.6. The number of benzene rings is 2. The lowest BCUT2D eigenvalue weighted by Crippen LogP contribution is -2.59. The van der Waals surface area contributed by atoms with E-state index in [2.05, 4.69) is 20.9 Å². The largest absolute Gasteiger partial charge is 0.394 e. The van der Waals surface area contributed by atoms with Gasteiger partial charge in [0, 0.05) is 34.4 Å². The number of hydrogen-bond donors (Lipinski definition) is 1. The van der Waals surface area contributed by atoms with E-state index in [4.69, 9.17) is 18.9 Å². The van der Waals surface area contributed by atoms with Gasteiger partial charge in [0.05, 0.1) is 12.7 Å². The van der Waals surface area contributed by atoms with E-state index in [1.54, 1.807) is 12.4 Å². The summed E-state index contributed by atoms with van der Waals surface area (Å²) in [6, 6.07) is 21.5. The summed E-state index contributed by atoms with van der Waals surface area (Å²) >= 11 is 3.59. The number of fused-ring (bicyclic) bond motifs is 1. The quantitative estimate of drug-likeness (QED) is 0.565. The zero-order chi connectivity index (χ0) is 21.9. The molecule has 2 aliphatic rings. The third-order valence-electron chi connectivity index (χ3n) is 5.82. The lowest BCUT2D eigenvalue weighted by molar-refractivity contribution is -0.384. The van der Waals surface area contributed by atoms with Crippen LogP contribution in [-0.4, -0.2) is 41.1 Å². The average molecular weight is 498 g/mol. The van der Waals surface area contributed by atoms with Crippen molar-refractivity contribution in [2.24, 2.45) is 0 Å². The summed E-state index contributed by atoms with van der Waals surface area (Å²) in [5.74, 6) is 0. The number of halogens is 1. The van der Waals surface area contributed by atoms with Crippen molar-refractivity contribution >= 4 is 15.9 Å². The first-order chi connectivity index (χ1) is 15.7. The van der Waals surface area contributed by atoms with Gasteiger partial charge in [-0.15, -0.1) is 0 Å². The Balaban J connectivity index is 1.48. The van der Waals surface area contributed by atoms with Crippen molar-refractivity contribution in [1.29, 1.82) is 0 Å². The van der Waals surface area contributed by atoms with E-state index >= 15 is 0 Å². The van der Waals surface area contributed by atoms with Gasteiger partial charge in [-0.3, -0.25) is 4.98 Å². The molecule has 6 nitrogen and oxygen atoms in total. The normalized spacial score (nSPS) is 29.9. The van der Waals surface area contributed by atoms with Crippen LogP contribution in [0.1, 0.15) is 29.3 Å². The first-order valence-corrected chi connectivity index (χ1v) is 11.4. The van der Waals surface area contributed by atoms with E-state index in [-0.39, 0.29) is 12.7 Å². The molecule has 0 aliphatic carbocycles. The Kier molecular flexibility index (Phi) is 6.64. The van der Waals surface area contributed by atoms with Gasteiger partial charge in [0.2, 0.25) is 0 Å². The predicted molar refractivity (Wildman–Crippen MR) is 121 cm³/mol. The Bertz CT molecular complexity index is 1020. The van der Waals surface area contributed by atoms with Crippen molar-refractivity contribution in [2.75, 3.05) is 6.61 Å². The Morgan fingerprint density at radius 3 is 1.88 bits per heavy atom. The number of aliphatic hydroxyl groups excluding tert-OH is 1. The third kappa shape index (κ3) is 4.50. The van der Waals surface area contributed by atoms with Crippen molar-refractivity contribution in [3.8, 4) is 0 Å². The molecule has 32 heavy (non-hydrogen) atoms. The molecule has 0 bridgehead atoms. The van der Waals surface area contributed by atoms with Gasteiger partial charge in [-0.25, -0.2) is 0 Å². The number of pyridine rings is 1. The van der Waals surface area contributed by atoms with Gasteiger partial charge < -0.3 is 24.1 Å². The first kappa shape index (κ1) is 21.7. The highest BCUT2D eigenvalue weighted by atomic mass is 79.9. The molecule has 3 heterocycles. The molecule has 7 heteroatoms. The van der Waals surface area contributed by atoms with Crippen LogP contribution in [0.3, 0.4) is 0 Å². The van der Waals surface area contributed by atoms with E-state index in [1.165, 1.54) is 0 Å². The molecule has 5 rings (SSSR count). The molecule has 1 N–H and O–H groups in total. The molecule has 0 radical (unpaired) electrons. The monoisotopic (exact) mass is 497 g/mol. The van der Waals surface area contributed by atoms with Crippen molar-refractivity contribution in [3.05, 3.63) is 100 Å². The molecular weight excluding hydrogens is 474 g/mol. The van der Waals surface area contributed by atoms with Gasteiger partial charge >= 0.3 is 0 Å². The van der Waals surface area contributed by atoms with Gasteiger partial charge in [-0.05, 0) is 27.6 Å². The second-order valence-electron chi connectivity index (χ2n) is 7.89. The molecule has 3 aromatic rings. The molecule has 6 atom stereocenters. The maximum absolute atomic E-state index is 10.2. The van der Waals surface area contributed by atoms with Crippen LogP contribution in [0.5, 0.6) is 0 Å². The number of ether oxygens (including phenoxy) is 4. The fraction of sp³-hybridized carbons (Fsp3) is 0.320. The summed E-state index contributed by atoms with van der Waals surface area (Å²) in [4.78, 5) is 4.16. The van der Waals surface area contributed by atoms with Crippen LogP contribution in [-0.2, 0) is 25.4 Å². The molecular formula is C25H24BrNO5. The SMILES string of the molecule is OC[C@H]1OC(c2ccccc2)O[C@@H]2[C@@H]1OC(c1ccccc1)O[C@@H]2Cc1ccncc1Br. The fourth-order valence-electron chi connectivity index (χ4n) is 4.21. The summed E-state index contributed by atoms with van der Waals surface area (Å²) in [7, 11) is 0. The topological polar surface area (TPSA) is 70.0 Å². The Morgan fingerprint density at radius 2 is 1.31 bits per heavy atom. The molecule has 2 aliphatic heterocycles. The summed E-state index contributed by atoms with van der Waals surface area (Å²) in [5, 5.41) is 10.2. The Hall–Kier alpha value is -2.13. The van der Waals surface area contributed by atoms with Crippen molar-refractivity contribution in [3.63, 3.8) is 0 Å². The summed E-state index contributed by atoms with van der Waals surface area (Å²) in [6.07, 6.45) is 1.16. The van der Waals surface area contributed by atoms with Crippen LogP contribution in [0.2, 0.25) is 0 Å². The zero-order valence-electron chi connectivity index (χ0n) is 17.3. The minimum absolute atomic E-state index is 0.180. The van der Waals surface area contributed by atoms with Gasteiger partial charge in [0.1, 0.15) is 18.3 Å². The highest BCUT2D eigenvalue weighted by Gasteiger charge is 2.50. The maximum atomic E-state index is 10.2.